The number of Topliss-reactive ketones (excluding diaryl/α,β-unsaturated/α-hetero) is 1. The van der Waals surface area contributed by atoms with Gasteiger partial charge in [-0.2, -0.15) is 0 Å². The number of carbonyl (C=O) groups is 2. The second-order valence-electron chi connectivity index (χ2n) is 11.3. The summed E-state index contributed by atoms with van der Waals surface area (Å²) in [6.45, 7) is 10.5. The van der Waals surface area contributed by atoms with Crippen molar-refractivity contribution in [3.63, 3.8) is 0 Å². The summed E-state index contributed by atoms with van der Waals surface area (Å²) < 4.78 is 6.20. The molecule has 4 rings (SSSR count). The first kappa shape index (κ1) is 22.6. The molecule has 4 nitrogen and oxygen atoms in total. The third-order valence-electron chi connectivity index (χ3n) is 9.02. The van der Waals surface area contributed by atoms with E-state index in [1.807, 2.05) is 0 Å². The lowest BCUT2D eigenvalue weighted by molar-refractivity contribution is -0.162. The average Bonchev–Trinajstić information content (AvgIpc) is 3.32. The number of hydrogen-bond donors (Lipinski definition) is 0. The Morgan fingerprint density at radius 1 is 1.17 bits per heavy atom. The van der Waals surface area contributed by atoms with Crippen LogP contribution in [0.2, 0.25) is 0 Å². The normalized spacial score (nSPS) is 38.7. The predicted molar refractivity (Wildman–Crippen MR) is 123 cm³/mol. The summed E-state index contributed by atoms with van der Waals surface area (Å²) in [5.41, 5.74) is 0.305. The van der Waals surface area contributed by atoms with Crippen LogP contribution in [-0.4, -0.2) is 53.9 Å². The molecule has 30 heavy (non-hydrogen) atoms. The SMILES string of the molecule is C[C@H]1CC23CCCC(C2C(=O)CC3)[C@H](OC(=O)CSCCN2CCCC2)CC1(C)C. The van der Waals surface area contributed by atoms with Crippen LogP contribution >= 0.6 is 11.8 Å². The fourth-order valence-electron chi connectivity index (χ4n) is 7.03. The number of carbonyl (C=O) groups excluding carboxylic acids is 2. The van der Waals surface area contributed by atoms with Crippen molar-refractivity contribution >= 4 is 23.5 Å². The van der Waals surface area contributed by atoms with Gasteiger partial charge in [-0.15, -0.1) is 11.8 Å². The number of likely N-dealkylation sites (tertiary alicyclic amines) is 1. The van der Waals surface area contributed by atoms with Crippen LogP contribution in [0.3, 0.4) is 0 Å². The van der Waals surface area contributed by atoms with E-state index in [-0.39, 0.29) is 34.7 Å². The molecule has 0 radical (unpaired) electrons. The van der Waals surface area contributed by atoms with E-state index < -0.39 is 0 Å². The smallest absolute Gasteiger partial charge is 0.316 e. The molecular formula is C25H41NO3S. The van der Waals surface area contributed by atoms with Crippen LogP contribution in [0.4, 0.5) is 0 Å². The zero-order valence-corrected chi connectivity index (χ0v) is 20.1. The summed E-state index contributed by atoms with van der Waals surface area (Å²) in [6.07, 6.45) is 9.79. The lowest BCUT2D eigenvalue weighted by atomic mass is 9.53. The van der Waals surface area contributed by atoms with Crippen LogP contribution in [0.1, 0.15) is 78.6 Å². The van der Waals surface area contributed by atoms with E-state index in [0.29, 0.717) is 17.5 Å². The van der Waals surface area contributed by atoms with Gasteiger partial charge in [0.1, 0.15) is 11.9 Å². The van der Waals surface area contributed by atoms with Gasteiger partial charge in [0.15, 0.2) is 0 Å². The molecule has 0 spiro atoms. The second-order valence-corrected chi connectivity index (χ2v) is 12.4. The van der Waals surface area contributed by atoms with E-state index in [1.54, 1.807) is 11.8 Å². The Hall–Kier alpha value is -0.550. The molecule has 5 heteroatoms. The first-order chi connectivity index (χ1) is 14.3. The van der Waals surface area contributed by atoms with Gasteiger partial charge in [0.2, 0.25) is 0 Å². The maximum absolute atomic E-state index is 13.0. The van der Waals surface area contributed by atoms with Crippen molar-refractivity contribution in [2.24, 2.45) is 28.6 Å². The average molecular weight is 436 g/mol. The second kappa shape index (κ2) is 9.13. The molecule has 1 aliphatic heterocycles. The molecule has 4 aliphatic rings. The Morgan fingerprint density at radius 3 is 2.70 bits per heavy atom. The molecule has 1 heterocycles. The summed E-state index contributed by atoms with van der Waals surface area (Å²) in [7, 11) is 0. The molecular weight excluding hydrogens is 394 g/mol. The minimum atomic E-state index is -0.0962. The lowest BCUT2D eigenvalue weighted by Crippen LogP contribution is -2.50. The molecule has 0 aromatic carbocycles. The van der Waals surface area contributed by atoms with Gasteiger partial charge in [0.05, 0.1) is 5.75 Å². The van der Waals surface area contributed by atoms with Crippen LogP contribution in [0.15, 0.2) is 0 Å². The zero-order valence-electron chi connectivity index (χ0n) is 19.3. The molecule has 3 unspecified atom stereocenters. The molecule has 0 N–H and O–H groups in total. The fraction of sp³-hybridized carbons (Fsp3) is 0.920. The summed E-state index contributed by atoms with van der Waals surface area (Å²) in [4.78, 5) is 28.2. The highest BCUT2D eigenvalue weighted by atomic mass is 32.2. The highest BCUT2D eigenvalue weighted by molar-refractivity contribution is 7.99. The van der Waals surface area contributed by atoms with E-state index >= 15 is 0 Å². The van der Waals surface area contributed by atoms with Gasteiger partial charge in [-0.05, 0) is 74.8 Å². The maximum Gasteiger partial charge on any atom is 0.316 e. The van der Waals surface area contributed by atoms with Gasteiger partial charge in [0.25, 0.3) is 0 Å². The van der Waals surface area contributed by atoms with Crippen LogP contribution in [-0.2, 0) is 14.3 Å². The number of ether oxygens (including phenoxy) is 1. The Bertz CT molecular complexity index is 644. The van der Waals surface area contributed by atoms with Crippen LogP contribution in [0, 0.1) is 28.6 Å². The molecule has 3 aliphatic carbocycles. The van der Waals surface area contributed by atoms with E-state index in [2.05, 4.69) is 25.7 Å². The fourth-order valence-corrected chi connectivity index (χ4v) is 7.80. The Balaban J connectivity index is 1.41. The summed E-state index contributed by atoms with van der Waals surface area (Å²) >= 11 is 1.71. The van der Waals surface area contributed by atoms with Crippen molar-refractivity contribution in [2.45, 2.75) is 84.7 Å². The first-order valence-electron chi connectivity index (χ1n) is 12.3. The van der Waals surface area contributed by atoms with Crippen LogP contribution in [0.25, 0.3) is 0 Å². The Labute approximate surface area is 187 Å². The Morgan fingerprint density at radius 2 is 1.93 bits per heavy atom. The van der Waals surface area contributed by atoms with Gasteiger partial charge in [-0.25, -0.2) is 0 Å². The molecule has 1 saturated heterocycles. The largest absolute Gasteiger partial charge is 0.461 e. The van der Waals surface area contributed by atoms with E-state index in [1.165, 1.54) is 45.2 Å². The maximum atomic E-state index is 13.0. The van der Waals surface area contributed by atoms with Gasteiger partial charge in [-0.3, -0.25) is 9.59 Å². The van der Waals surface area contributed by atoms with Crippen LogP contribution in [0.5, 0.6) is 0 Å². The summed E-state index contributed by atoms with van der Waals surface area (Å²) in [6, 6.07) is 0. The van der Waals surface area contributed by atoms with Crippen molar-refractivity contribution < 1.29 is 14.3 Å². The number of rotatable bonds is 6. The van der Waals surface area contributed by atoms with Gasteiger partial charge in [0, 0.05) is 30.6 Å². The summed E-state index contributed by atoms with van der Waals surface area (Å²) in [5.74, 6) is 2.72. The molecule has 4 fully saturated rings. The van der Waals surface area contributed by atoms with E-state index in [9.17, 15) is 9.59 Å². The van der Waals surface area contributed by atoms with Gasteiger partial charge >= 0.3 is 5.97 Å². The van der Waals surface area contributed by atoms with Crippen LogP contribution < -0.4 is 0 Å². The molecule has 3 saturated carbocycles. The molecule has 0 aromatic heterocycles. The predicted octanol–water partition coefficient (Wildman–Crippen LogP) is 4.95. The highest BCUT2D eigenvalue weighted by Gasteiger charge is 2.58. The molecule has 170 valence electrons. The number of hydrogen-bond acceptors (Lipinski definition) is 5. The van der Waals surface area contributed by atoms with Crippen molar-refractivity contribution in [2.75, 3.05) is 31.1 Å². The van der Waals surface area contributed by atoms with Crippen molar-refractivity contribution in [3.8, 4) is 0 Å². The number of nitrogens with zero attached hydrogens (tertiary/aromatic N) is 1. The summed E-state index contributed by atoms with van der Waals surface area (Å²) in [5, 5.41) is 0. The molecule has 0 amide bonds. The lowest BCUT2D eigenvalue weighted by Gasteiger charge is -2.52. The monoisotopic (exact) mass is 435 g/mol. The highest BCUT2D eigenvalue weighted by Crippen LogP contribution is 2.61. The molecule has 2 bridgehead atoms. The molecule has 0 aromatic rings. The van der Waals surface area contributed by atoms with Crippen molar-refractivity contribution in [3.05, 3.63) is 0 Å². The Kier molecular flexibility index (Phi) is 6.89. The topological polar surface area (TPSA) is 46.6 Å². The minimum Gasteiger partial charge on any atom is -0.461 e. The van der Waals surface area contributed by atoms with E-state index in [0.717, 1.165) is 38.0 Å². The van der Waals surface area contributed by atoms with Gasteiger partial charge < -0.3 is 9.64 Å². The van der Waals surface area contributed by atoms with E-state index in [4.69, 9.17) is 4.74 Å². The zero-order chi connectivity index (χ0) is 21.4. The number of ketones is 1. The quantitative estimate of drug-likeness (QED) is 0.436. The number of thioether (sulfide) groups is 1. The third kappa shape index (κ3) is 4.62. The number of esters is 1. The van der Waals surface area contributed by atoms with Crippen molar-refractivity contribution in [1.82, 2.24) is 4.90 Å². The minimum absolute atomic E-state index is 0.0722. The molecule has 5 atom stereocenters. The first-order valence-corrected chi connectivity index (χ1v) is 13.5. The van der Waals surface area contributed by atoms with Gasteiger partial charge in [-0.1, -0.05) is 27.2 Å². The third-order valence-corrected chi connectivity index (χ3v) is 9.93. The standard InChI is InChI=1S/C25H41NO3S/c1-18-15-25-9-6-7-19(23(25)20(27)8-10-25)21(16-24(18,2)3)29-22(28)17-30-14-13-26-11-4-5-12-26/h18-19,21,23H,4-17H2,1-3H3/t18-,19?,21+,23?,25?/m0/s1. The van der Waals surface area contributed by atoms with Crippen molar-refractivity contribution in [1.29, 1.82) is 0 Å².